The highest BCUT2D eigenvalue weighted by Gasteiger charge is 2.41. The maximum Gasteiger partial charge on any atom is 0.390 e. The molecule has 1 N–H and O–H groups in total. The number of rotatable bonds is 4. The Kier molecular flexibility index (Phi) is 3.98. The Hall–Kier alpha value is -0.290. The lowest BCUT2D eigenvalue weighted by atomic mass is 9.97. The molecule has 2 fully saturated rings. The molecule has 2 saturated heterocycles. The van der Waals surface area contributed by atoms with Crippen LogP contribution in [-0.4, -0.2) is 42.3 Å². The Morgan fingerprint density at radius 2 is 1.76 bits per heavy atom. The average molecular weight is 250 g/mol. The lowest BCUT2D eigenvalue weighted by Gasteiger charge is -2.39. The lowest BCUT2D eigenvalue weighted by molar-refractivity contribution is -0.140. The quantitative estimate of drug-likeness (QED) is 0.825. The topological polar surface area (TPSA) is 15.3 Å². The number of hydrogen-bond donors (Lipinski definition) is 1. The fourth-order valence-electron chi connectivity index (χ4n) is 3.35. The fraction of sp³-hybridized carbons (Fsp3) is 1.00. The minimum absolute atomic E-state index is 0.192. The molecule has 0 saturated carbocycles. The summed E-state index contributed by atoms with van der Waals surface area (Å²) < 4.78 is 36.7. The molecule has 0 aromatic rings. The number of hydrogen-bond acceptors (Lipinski definition) is 2. The SMILES string of the molecule is CCNC1CC2CCC(C1)N2CCC(F)(F)F. The van der Waals surface area contributed by atoms with Gasteiger partial charge in [0, 0.05) is 24.7 Å². The first kappa shape index (κ1) is 13.1. The molecule has 2 aliphatic rings. The molecule has 17 heavy (non-hydrogen) atoms. The Morgan fingerprint density at radius 1 is 1.18 bits per heavy atom. The van der Waals surface area contributed by atoms with E-state index in [0.717, 1.165) is 32.2 Å². The number of alkyl halides is 3. The van der Waals surface area contributed by atoms with Crippen molar-refractivity contribution in [1.82, 2.24) is 10.2 Å². The van der Waals surface area contributed by atoms with Crippen LogP contribution < -0.4 is 5.32 Å². The summed E-state index contributed by atoms with van der Waals surface area (Å²) in [5.74, 6) is 0. The molecule has 2 unspecified atom stereocenters. The molecule has 0 aliphatic carbocycles. The van der Waals surface area contributed by atoms with Gasteiger partial charge in [-0.2, -0.15) is 13.2 Å². The highest BCUT2D eigenvalue weighted by Crippen LogP contribution is 2.36. The van der Waals surface area contributed by atoms with E-state index in [4.69, 9.17) is 0 Å². The van der Waals surface area contributed by atoms with Crippen LogP contribution in [0, 0.1) is 0 Å². The molecular weight excluding hydrogens is 229 g/mol. The van der Waals surface area contributed by atoms with E-state index >= 15 is 0 Å². The van der Waals surface area contributed by atoms with Crippen LogP contribution in [0.15, 0.2) is 0 Å². The van der Waals surface area contributed by atoms with Gasteiger partial charge >= 0.3 is 6.18 Å². The first-order valence-electron chi connectivity index (χ1n) is 6.55. The minimum atomic E-state index is -4.02. The van der Waals surface area contributed by atoms with E-state index in [2.05, 4.69) is 17.1 Å². The molecule has 0 aromatic heterocycles. The summed E-state index contributed by atoms with van der Waals surface area (Å²) >= 11 is 0. The Morgan fingerprint density at radius 3 is 2.24 bits per heavy atom. The molecule has 0 radical (unpaired) electrons. The first-order valence-corrected chi connectivity index (χ1v) is 6.55. The third-order valence-electron chi connectivity index (χ3n) is 4.03. The predicted molar refractivity (Wildman–Crippen MR) is 60.9 cm³/mol. The van der Waals surface area contributed by atoms with Gasteiger partial charge in [0.25, 0.3) is 0 Å². The molecule has 5 heteroatoms. The summed E-state index contributed by atoms with van der Waals surface area (Å²) in [6.45, 7) is 3.22. The van der Waals surface area contributed by atoms with Crippen molar-refractivity contribution < 1.29 is 13.2 Å². The monoisotopic (exact) mass is 250 g/mol. The Labute approximate surface area is 101 Å². The van der Waals surface area contributed by atoms with Gasteiger partial charge in [-0.1, -0.05) is 6.92 Å². The van der Waals surface area contributed by atoms with E-state index in [0.29, 0.717) is 18.1 Å². The third-order valence-corrected chi connectivity index (χ3v) is 4.03. The molecule has 0 amide bonds. The minimum Gasteiger partial charge on any atom is -0.314 e. The van der Waals surface area contributed by atoms with E-state index in [9.17, 15) is 13.2 Å². The van der Waals surface area contributed by atoms with Crippen LogP contribution in [0.3, 0.4) is 0 Å². The summed E-state index contributed by atoms with van der Waals surface area (Å²) in [5, 5.41) is 3.43. The highest BCUT2D eigenvalue weighted by atomic mass is 19.4. The largest absolute Gasteiger partial charge is 0.390 e. The molecule has 0 spiro atoms. The smallest absolute Gasteiger partial charge is 0.314 e. The summed E-state index contributed by atoms with van der Waals surface area (Å²) in [4.78, 5) is 2.10. The van der Waals surface area contributed by atoms with Gasteiger partial charge in [-0.3, -0.25) is 4.90 Å². The second-order valence-electron chi connectivity index (χ2n) is 5.21. The van der Waals surface area contributed by atoms with Crippen LogP contribution in [0.1, 0.15) is 39.0 Å². The van der Waals surface area contributed by atoms with E-state index in [1.807, 2.05) is 0 Å². The Balaban J connectivity index is 1.86. The number of nitrogens with one attached hydrogen (secondary N) is 1. The Bertz CT molecular complexity index is 241. The molecular formula is C12H21F3N2. The van der Waals surface area contributed by atoms with Gasteiger partial charge in [-0.15, -0.1) is 0 Å². The maximum absolute atomic E-state index is 12.2. The standard InChI is InChI=1S/C12H21F3N2/c1-2-16-9-7-10-3-4-11(8-9)17(10)6-5-12(13,14)15/h9-11,16H,2-8H2,1H3. The number of halogens is 3. The maximum atomic E-state index is 12.2. The van der Waals surface area contributed by atoms with Gasteiger partial charge in [0.05, 0.1) is 6.42 Å². The van der Waals surface area contributed by atoms with Gasteiger partial charge in [0.2, 0.25) is 0 Å². The van der Waals surface area contributed by atoms with Crippen LogP contribution in [0.4, 0.5) is 13.2 Å². The highest BCUT2D eigenvalue weighted by molar-refractivity contribution is 4.97. The normalized spacial score (nSPS) is 34.2. The van der Waals surface area contributed by atoms with Gasteiger partial charge in [-0.05, 0) is 32.2 Å². The van der Waals surface area contributed by atoms with Crippen LogP contribution in [0.2, 0.25) is 0 Å². The van der Waals surface area contributed by atoms with E-state index in [1.165, 1.54) is 0 Å². The number of fused-ring (bicyclic) bond motifs is 2. The molecule has 0 aromatic carbocycles. The first-order chi connectivity index (χ1) is 7.99. The summed E-state index contributed by atoms with van der Waals surface area (Å²) in [6.07, 6.45) is -0.497. The van der Waals surface area contributed by atoms with Crippen molar-refractivity contribution in [1.29, 1.82) is 0 Å². The van der Waals surface area contributed by atoms with E-state index in [-0.39, 0.29) is 6.54 Å². The molecule has 2 rings (SSSR count). The molecule has 2 aliphatic heterocycles. The van der Waals surface area contributed by atoms with Crippen LogP contribution >= 0.6 is 0 Å². The summed E-state index contributed by atoms with van der Waals surface area (Å²) in [5.41, 5.74) is 0. The second-order valence-corrected chi connectivity index (χ2v) is 5.21. The summed E-state index contributed by atoms with van der Waals surface area (Å²) in [6, 6.07) is 1.26. The van der Waals surface area contributed by atoms with Crippen LogP contribution in [-0.2, 0) is 0 Å². The second kappa shape index (κ2) is 5.14. The molecule has 2 bridgehead atoms. The van der Waals surface area contributed by atoms with Crippen molar-refractivity contribution in [3.63, 3.8) is 0 Å². The van der Waals surface area contributed by atoms with Crippen molar-refractivity contribution in [2.24, 2.45) is 0 Å². The number of piperidine rings is 1. The van der Waals surface area contributed by atoms with E-state index in [1.54, 1.807) is 0 Å². The van der Waals surface area contributed by atoms with Crippen LogP contribution in [0.5, 0.6) is 0 Å². The zero-order valence-corrected chi connectivity index (χ0v) is 10.3. The average Bonchev–Trinajstić information content (AvgIpc) is 2.45. The summed E-state index contributed by atoms with van der Waals surface area (Å²) in [7, 11) is 0. The predicted octanol–water partition coefficient (Wildman–Crippen LogP) is 2.54. The van der Waals surface area contributed by atoms with Gasteiger partial charge in [0.1, 0.15) is 0 Å². The fourth-order valence-corrected chi connectivity index (χ4v) is 3.35. The third kappa shape index (κ3) is 3.35. The zero-order valence-electron chi connectivity index (χ0n) is 10.3. The van der Waals surface area contributed by atoms with Crippen molar-refractivity contribution >= 4 is 0 Å². The lowest BCUT2D eigenvalue weighted by Crippen LogP contribution is -2.49. The van der Waals surface area contributed by atoms with Gasteiger partial charge in [0.15, 0.2) is 0 Å². The van der Waals surface area contributed by atoms with Gasteiger partial charge in [-0.25, -0.2) is 0 Å². The molecule has 2 atom stereocenters. The van der Waals surface area contributed by atoms with Crippen molar-refractivity contribution in [2.45, 2.75) is 63.3 Å². The van der Waals surface area contributed by atoms with Crippen LogP contribution in [0.25, 0.3) is 0 Å². The van der Waals surface area contributed by atoms with Gasteiger partial charge < -0.3 is 5.32 Å². The van der Waals surface area contributed by atoms with Crippen molar-refractivity contribution in [2.75, 3.05) is 13.1 Å². The molecule has 100 valence electrons. The van der Waals surface area contributed by atoms with E-state index < -0.39 is 12.6 Å². The zero-order chi connectivity index (χ0) is 12.5. The molecule has 2 heterocycles. The number of nitrogens with zero attached hydrogens (tertiary/aromatic N) is 1. The van der Waals surface area contributed by atoms with Crippen molar-refractivity contribution in [3.8, 4) is 0 Å². The van der Waals surface area contributed by atoms with Crippen molar-refractivity contribution in [3.05, 3.63) is 0 Å². The molecule has 2 nitrogen and oxygen atoms in total.